The van der Waals surface area contributed by atoms with Gasteiger partial charge in [0.25, 0.3) is 0 Å². The first kappa shape index (κ1) is 27.3. The molecule has 10 N–H and O–H groups in total. The lowest BCUT2D eigenvalue weighted by atomic mass is 9.73. The van der Waals surface area contributed by atoms with Crippen molar-refractivity contribution >= 4 is 17.8 Å². The van der Waals surface area contributed by atoms with Crippen molar-refractivity contribution in [3.8, 4) is 0 Å². The van der Waals surface area contributed by atoms with Crippen LogP contribution in [-0.4, -0.2) is 132 Å². The highest BCUT2D eigenvalue weighted by Crippen LogP contribution is 2.38. The second-order valence-electron chi connectivity index (χ2n) is 8.00. The summed E-state index contributed by atoms with van der Waals surface area (Å²) in [5.74, 6) is -2.87. The molecule has 2 amide bonds. The first-order valence-electron chi connectivity index (χ1n) is 10.1. The molecule has 33 heavy (non-hydrogen) atoms. The average Bonchev–Trinajstić information content (AvgIpc) is 2.75. The average molecular weight is 482 g/mol. The van der Waals surface area contributed by atoms with E-state index in [1.165, 1.54) is 0 Å². The van der Waals surface area contributed by atoms with Crippen LogP contribution in [0, 0.1) is 0 Å². The van der Waals surface area contributed by atoms with Crippen LogP contribution < -0.4 is 10.6 Å². The molecule has 0 aromatic rings. The minimum absolute atomic E-state index is 0.507. The molecule has 0 radical (unpaired) electrons. The number of carboxylic acid groups (broad SMARTS) is 1. The Bertz CT molecular complexity index is 723. The van der Waals surface area contributed by atoms with Crippen LogP contribution in [0.1, 0.15) is 19.8 Å². The van der Waals surface area contributed by atoms with E-state index >= 15 is 0 Å². The van der Waals surface area contributed by atoms with Crippen molar-refractivity contribution in [2.45, 2.75) is 80.4 Å². The highest BCUT2D eigenvalue weighted by atomic mass is 16.6. The molecule has 190 valence electrons. The Morgan fingerprint density at radius 1 is 0.909 bits per heavy atom. The molecule has 15 nitrogen and oxygen atoms in total. The van der Waals surface area contributed by atoms with E-state index in [2.05, 4.69) is 10.6 Å². The number of hydrogen-bond donors (Lipinski definition) is 10. The van der Waals surface area contributed by atoms with Crippen LogP contribution in [0.2, 0.25) is 0 Å². The quantitative estimate of drug-likeness (QED) is 0.155. The lowest BCUT2D eigenvalue weighted by Crippen LogP contribution is -2.79. The van der Waals surface area contributed by atoms with Crippen LogP contribution in [-0.2, 0) is 23.9 Å². The summed E-state index contributed by atoms with van der Waals surface area (Å²) in [5.41, 5.74) is -2.72. The van der Waals surface area contributed by atoms with Crippen molar-refractivity contribution in [1.82, 2.24) is 10.6 Å². The largest absolute Gasteiger partial charge is 0.481 e. The van der Waals surface area contributed by atoms with Gasteiger partial charge >= 0.3 is 5.97 Å². The van der Waals surface area contributed by atoms with Gasteiger partial charge in [-0.3, -0.25) is 14.4 Å². The first-order chi connectivity index (χ1) is 15.4. The number of ether oxygens (including phenoxy) is 2. The monoisotopic (exact) mass is 482 g/mol. The van der Waals surface area contributed by atoms with E-state index in [0.29, 0.717) is 0 Å². The summed E-state index contributed by atoms with van der Waals surface area (Å²) in [5, 5.41) is 86.0. The predicted octanol–water partition coefficient (Wildman–Crippen LogP) is -5.88. The molecule has 0 bridgehead atoms. The van der Waals surface area contributed by atoms with Crippen molar-refractivity contribution in [2.75, 3.05) is 13.2 Å². The van der Waals surface area contributed by atoms with E-state index in [9.17, 15) is 50.1 Å². The van der Waals surface area contributed by atoms with Gasteiger partial charge in [-0.1, -0.05) is 0 Å². The SMILES string of the molecule is CC(=O)N[C@H]1[C@@H](O)[C@@](O)([C@@H]2O[C@H](CO)[C@H](O)[C@@H](NC(=O)CCC(=O)O)[C@H]2O)[C@@H](CO)O[C@@H]1O. The minimum atomic E-state index is -2.72. The summed E-state index contributed by atoms with van der Waals surface area (Å²) in [6.07, 6.45) is -13.9. The Balaban J connectivity index is 2.39. The molecule has 0 aromatic carbocycles. The molecule has 2 saturated heterocycles. The van der Waals surface area contributed by atoms with Gasteiger partial charge in [-0.05, 0) is 0 Å². The second kappa shape index (κ2) is 11.0. The molecule has 2 fully saturated rings. The number of amides is 2. The molecule has 2 rings (SSSR count). The van der Waals surface area contributed by atoms with Gasteiger partial charge in [0.05, 0.1) is 25.7 Å². The second-order valence-corrected chi connectivity index (χ2v) is 8.00. The van der Waals surface area contributed by atoms with E-state index in [0.717, 1.165) is 6.92 Å². The summed E-state index contributed by atoms with van der Waals surface area (Å²) in [7, 11) is 0. The molecule has 10 atom stereocenters. The van der Waals surface area contributed by atoms with Gasteiger partial charge in [0.2, 0.25) is 11.8 Å². The molecule has 15 heteroatoms. The molecular formula is C18H30N2O13. The molecule has 2 aliphatic heterocycles. The number of carbonyl (C=O) groups is 3. The molecule has 0 spiro atoms. The van der Waals surface area contributed by atoms with Crippen LogP contribution in [0.25, 0.3) is 0 Å². The lowest BCUT2D eigenvalue weighted by Gasteiger charge is -2.55. The third kappa shape index (κ3) is 5.59. The number of carbonyl (C=O) groups excluding carboxylic acids is 2. The lowest BCUT2D eigenvalue weighted by molar-refractivity contribution is -0.344. The summed E-state index contributed by atoms with van der Waals surface area (Å²) < 4.78 is 10.5. The summed E-state index contributed by atoms with van der Waals surface area (Å²) in [4.78, 5) is 34.3. The van der Waals surface area contributed by atoms with Crippen LogP contribution >= 0.6 is 0 Å². The van der Waals surface area contributed by atoms with Gasteiger partial charge < -0.3 is 61.0 Å². The number of nitrogens with one attached hydrogen (secondary N) is 2. The number of rotatable bonds is 8. The standard InChI is InChI=1S/C18H30N2O13/c1-6(23)19-12-15(29)18(31,8(5-22)33-17(12)30)16-14(28)11(13(27)7(4-21)32-16)20-9(24)2-3-10(25)26/h7-8,11-17,21-22,27-31H,2-5H2,1H3,(H,19,23)(H,20,24)(H,25,26)/t7-,8-,11-,12+,13+,14-,15-,16-,17+,18-/m1/s1. The Hall–Kier alpha value is -1.95. The van der Waals surface area contributed by atoms with Crippen molar-refractivity contribution < 1.29 is 64.7 Å². The van der Waals surface area contributed by atoms with Crippen molar-refractivity contribution in [1.29, 1.82) is 0 Å². The van der Waals surface area contributed by atoms with Gasteiger partial charge in [0.1, 0.15) is 48.3 Å². The van der Waals surface area contributed by atoms with Crippen LogP contribution in [0.4, 0.5) is 0 Å². The molecule has 0 saturated carbocycles. The topological polar surface area (TPSA) is 256 Å². The maximum atomic E-state index is 12.1. The van der Waals surface area contributed by atoms with Gasteiger partial charge in [-0.2, -0.15) is 0 Å². The van der Waals surface area contributed by atoms with Crippen LogP contribution in [0.15, 0.2) is 0 Å². The third-order valence-electron chi connectivity index (χ3n) is 5.75. The van der Waals surface area contributed by atoms with E-state index < -0.39 is 104 Å². The Morgan fingerprint density at radius 2 is 1.55 bits per heavy atom. The summed E-state index contributed by atoms with van der Waals surface area (Å²) >= 11 is 0. The number of carboxylic acids is 1. The van der Waals surface area contributed by atoms with E-state index in [4.69, 9.17) is 14.6 Å². The van der Waals surface area contributed by atoms with Gasteiger partial charge in [-0.25, -0.2) is 0 Å². The molecule has 0 unspecified atom stereocenters. The smallest absolute Gasteiger partial charge is 0.303 e. The summed E-state index contributed by atoms with van der Waals surface area (Å²) in [6, 6.07) is -3.24. The Kier molecular flexibility index (Phi) is 9.09. The fourth-order valence-corrected chi connectivity index (χ4v) is 4.08. The highest BCUT2D eigenvalue weighted by Gasteiger charge is 2.64. The minimum Gasteiger partial charge on any atom is -0.481 e. The van der Waals surface area contributed by atoms with Gasteiger partial charge in [0.15, 0.2) is 6.29 Å². The molecule has 2 aliphatic rings. The molecule has 0 aromatic heterocycles. The first-order valence-corrected chi connectivity index (χ1v) is 10.1. The maximum absolute atomic E-state index is 12.1. The zero-order chi connectivity index (χ0) is 25.1. The van der Waals surface area contributed by atoms with E-state index in [1.54, 1.807) is 0 Å². The zero-order valence-corrected chi connectivity index (χ0v) is 17.6. The van der Waals surface area contributed by atoms with Crippen molar-refractivity contribution in [2.24, 2.45) is 0 Å². The normalized spacial score (nSPS) is 41.3. The zero-order valence-electron chi connectivity index (χ0n) is 17.6. The predicted molar refractivity (Wildman–Crippen MR) is 103 cm³/mol. The molecule has 2 heterocycles. The van der Waals surface area contributed by atoms with Crippen molar-refractivity contribution in [3.63, 3.8) is 0 Å². The Labute approximate surface area is 187 Å². The Morgan fingerprint density at radius 3 is 2.06 bits per heavy atom. The van der Waals surface area contributed by atoms with Crippen molar-refractivity contribution in [3.05, 3.63) is 0 Å². The van der Waals surface area contributed by atoms with Gasteiger partial charge in [0, 0.05) is 13.3 Å². The van der Waals surface area contributed by atoms with Crippen LogP contribution in [0.5, 0.6) is 0 Å². The maximum Gasteiger partial charge on any atom is 0.303 e. The molecule has 0 aliphatic carbocycles. The number of aliphatic hydroxyl groups is 7. The fourth-order valence-electron chi connectivity index (χ4n) is 4.08. The van der Waals surface area contributed by atoms with Crippen LogP contribution in [0.3, 0.4) is 0 Å². The highest BCUT2D eigenvalue weighted by molar-refractivity contribution is 5.80. The summed E-state index contributed by atoms with van der Waals surface area (Å²) in [6.45, 7) is -0.796. The third-order valence-corrected chi connectivity index (χ3v) is 5.75. The van der Waals surface area contributed by atoms with E-state index in [-0.39, 0.29) is 0 Å². The number of aliphatic hydroxyl groups excluding tert-OH is 6. The van der Waals surface area contributed by atoms with E-state index in [1.807, 2.05) is 0 Å². The fraction of sp³-hybridized carbons (Fsp3) is 0.833. The number of aliphatic carboxylic acids is 1. The van der Waals surface area contributed by atoms with Gasteiger partial charge in [-0.15, -0.1) is 0 Å². The number of hydrogen-bond acceptors (Lipinski definition) is 12. The molecular weight excluding hydrogens is 452 g/mol.